The van der Waals surface area contributed by atoms with Gasteiger partial charge in [0.1, 0.15) is 5.75 Å². The van der Waals surface area contributed by atoms with Crippen molar-refractivity contribution < 1.29 is 4.74 Å². The molecule has 0 aliphatic rings. The van der Waals surface area contributed by atoms with E-state index in [9.17, 15) is 0 Å². The van der Waals surface area contributed by atoms with Crippen molar-refractivity contribution >= 4 is 22.4 Å². The molecule has 0 aliphatic carbocycles. The van der Waals surface area contributed by atoms with Crippen LogP contribution in [0.2, 0.25) is 0 Å². The van der Waals surface area contributed by atoms with Gasteiger partial charge in [0.2, 0.25) is 5.88 Å². The predicted octanol–water partition coefficient (Wildman–Crippen LogP) is 4.16. The number of nitrogens with zero attached hydrogens (tertiary/aromatic N) is 2. The van der Waals surface area contributed by atoms with Crippen LogP contribution in [0.3, 0.4) is 0 Å². The van der Waals surface area contributed by atoms with Gasteiger partial charge in [0.05, 0.1) is 24.0 Å². The van der Waals surface area contributed by atoms with Gasteiger partial charge in [-0.1, -0.05) is 30.3 Å². The minimum Gasteiger partial charge on any atom is -0.437 e. The molecular weight excluding hydrogens is 260 g/mol. The second kappa shape index (κ2) is 5.24. The molecule has 3 nitrogen and oxygen atoms in total. The topological polar surface area (TPSA) is 35.0 Å². The first kappa shape index (κ1) is 11.9. The van der Waals surface area contributed by atoms with Crippen LogP contribution in [0.25, 0.3) is 10.8 Å². The van der Waals surface area contributed by atoms with Crippen LogP contribution >= 0.6 is 11.6 Å². The third-order valence-corrected chi connectivity index (χ3v) is 3.04. The zero-order valence-corrected chi connectivity index (χ0v) is 10.8. The Hall–Kier alpha value is -2.13. The highest BCUT2D eigenvalue weighted by molar-refractivity contribution is 6.16. The van der Waals surface area contributed by atoms with Crippen LogP contribution in [0.5, 0.6) is 11.6 Å². The van der Waals surface area contributed by atoms with Crippen molar-refractivity contribution in [2.45, 2.75) is 5.88 Å². The van der Waals surface area contributed by atoms with Crippen LogP contribution in [-0.2, 0) is 5.88 Å². The normalized spacial score (nSPS) is 10.6. The number of fused-ring (bicyclic) bond motifs is 1. The Morgan fingerprint density at radius 1 is 0.947 bits per heavy atom. The van der Waals surface area contributed by atoms with E-state index in [-0.39, 0.29) is 0 Å². The van der Waals surface area contributed by atoms with Crippen molar-refractivity contribution in [3.63, 3.8) is 0 Å². The van der Waals surface area contributed by atoms with Crippen molar-refractivity contribution in [1.82, 2.24) is 9.97 Å². The third-order valence-electron chi connectivity index (χ3n) is 2.76. The monoisotopic (exact) mass is 270 g/mol. The van der Waals surface area contributed by atoms with Crippen LogP contribution in [0.15, 0.2) is 54.9 Å². The molecule has 1 heterocycles. The average Bonchev–Trinajstić information content (AvgIpc) is 2.48. The second-order valence-electron chi connectivity index (χ2n) is 4.09. The summed E-state index contributed by atoms with van der Waals surface area (Å²) < 4.78 is 5.67. The van der Waals surface area contributed by atoms with Gasteiger partial charge in [-0.05, 0) is 22.9 Å². The molecule has 0 radical (unpaired) electrons. The van der Waals surface area contributed by atoms with Crippen molar-refractivity contribution in [3.8, 4) is 11.6 Å². The molecule has 0 saturated carbocycles. The maximum Gasteiger partial charge on any atom is 0.237 e. The van der Waals surface area contributed by atoms with Gasteiger partial charge in [-0.2, -0.15) is 0 Å². The Labute approximate surface area is 115 Å². The summed E-state index contributed by atoms with van der Waals surface area (Å²) in [5.74, 6) is 1.55. The van der Waals surface area contributed by atoms with Gasteiger partial charge in [-0.15, -0.1) is 11.6 Å². The van der Waals surface area contributed by atoms with Crippen LogP contribution in [0.1, 0.15) is 5.69 Å². The molecule has 0 amide bonds. The summed E-state index contributed by atoms with van der Waals surface area (Å²) in [6.45, 7) is 0. The van der Waals surface area contributed by atoms with Gasteiger partial charge < -0.3 is 4.74 Å². The standard InChI is InChI=1S/C15H11ClN2O/c16-8-13-9-18-15(10-17-13)19-14-6-5-11-3-1-2-4-12(11)7-14/h1-7,9-10H,8H2. The molecule has 0 unspecified atom stereocenters. The van der Waals surface area contributed by atoms with E-state index in [4.69, 9.17) is 16.3 Å². The molecule has 4 heteroatoms. The quantitative estimate of drug-likeness (QED) is 0.670. The van der Waals surface area contributed by atoms with E-state index in [2.05, 4.69) is 16.0 Å². The molecule has 2 aromatic carbocycles. The van der Waals surface area contributed by atoms with E-state index in [1.165, 1.54) is 5.39 Å². The Kier molecular flexibility index (Phi) is 3.29. The maximum atomic E-state index is 5.67. The summed E-state index contributed by atoms with van der Waals surface area (Å²) in [4.78, 5) is 8.29. The number of benzene rings is 2. The first-order valence-corrected chi connectivity index (χ1v) is 6.42. The summed E-state index contributed by atoms with van der Waals surface area (Å²) in [7, 11) is 0. The Balaban J connectivity index is 1.87. The fourth-order valence-electron chi connectivity index (χ4n) is 1.82. The minimum atomic E-state index is 0.350. The molecule has 0 fully saturated rings. The highest BCUT2D eigenvalue weighted by atomic mass is 35.5. The van der Waals surface area contributed by atoms with Crippen LogP contribution < -0.4 is 4.74 Å². The molecular formula is C15H11ClN2O. The fraction of sp³-hybridized carbons (Fsp3) is 0.0667. The first-order valence-electron chi connectivity index (χ1n) is 5.89. The van der Waals surface area contributed by atoms with E-state index >= 15 is 0 Å². The fourth-order valence-corrected chi connectivity index (χ4v) is 1.95. The highest BCUT2D eigenvalue weighted by Crippen LogP contribution is 2.24. The summed E-state index contributed by atoms with van der Waals surface area (Å²) in [5, 5.41) is 2.31. The number of hydrogen-bond donors (Lipinski definition) is 0. The highest BCUT2D eigenvalue weighted by Gasteiger charge is 2.01. The Morgan fingerprint density at radius 2 is 1.79 bits per heavy atom. The van der Waals surface area contributed by atoms with Gasteiger partial charge in [0, 0.05) is 0 Å². The molecule has 1 aromatic heterocycles. The van der Waals surface area contributed by atoms with E-state index < -0.39 is 0 Å². The van der Waals surface area contributed by atoms with E-state index in [0.29, 0.717) is 11.8 Å². The smallest absolute Gasteiger partial charge is 0.237 e. The molecule has 0 spiro atoms. The van der Waals surface area contributed by atoms with Crippen molar-refractivity contribution in [3.05, 3.63) is 60.6 Å². The number of rotatable bonds is 3. The lowest BCUT2D eigenvalue weighted by atomic mass is 10.1. The zero-order chi connectivity index (χ0) is 13.1. The van der Waals surface area contributed by atoms with E-state index in [0.717, 1.165) is 16.8 Å². The largest absolute Gasteiger partial charge is 0.437 e. The lowest BCUT2D eigenvalue weighted by molar-refractivity contribution is 0.460. The second-order valence-corrected chi connectivity index (χ2v) is 4.36. The lowest BCUT2D eigenvalue weighted by Crippen LogP contribution is -1.92. The average molecular weight is 271 g/mol. The Bertz CT molecular complexity index is 698. The third kappa shape index (κ3) is 2.66. The zero-order valence-electron chi connectivity index (χ0n) is 10.1. The molecule has 0 aliphatic heterocycles. The molecule has 3 aromatic rings. The molecule has 19 heavy (non-hydrogen) atoms. The number of halogens is 1. The van der Waals surface area contributed by atoms with Gasteiger partial charge in [0.15, 0.2) is 0 Å². The van der Waals surface area contributed by atoms with Crippen LogP contribution in [-0.4, -0.2) is 9.97 Å². The summed E-state index contributed by atoms with van der Waals surface area (Å²) in [6.07, 6.45) is 3.19. The molecule has 0 saturated heterocycles. The lowest BCUT2D eigenvalue weighted by Gasteiger charge is -2.05. The summed E-state index contributed by atoms with van der Waals surface area (Å²) >= 11 is 5.66. The molecule has 0 N–H and O–H groups in total. The van der Waals surface area contributed by atoms with Gasteiger partial charge in [-0.3, -0.25) is 4.98 Å². The number of ether oxygens (including phenoxy) is 1. The predicted molar refractivity (Wildman–Crippen MR) is 75.6 cm³/mol. The van der Waals surface area contributed by atoms with Gasteiger partial charge in [0.25, 0.3) is 0 Å². The molecule has 0 atom stereocenters. The van der Waals surface area contributed by atoms with E-state index in [1.54, 1.807) is 12.4 Å². The molecule has 0 bridgehead atoms. The summed E-state index contributed by atoms with van der Waals surface area (Å²) in [6, 6.07) is 14.0. The van der Waals surface area contributed by atoms with Crippen molar-refractivity contribution in [2.24, 2.45) is 0 Å². The van der Waals surface area contributed by atoms with Crippen LogP contribution in [0.4, 0.5) is 0 Å². The SMILES string of the molecule is ClCc1cnc(Oc2ccc3ccccc3c2)cn1. The number of aromatic nitrogens is 2. The van der Waals surface area contributed by atoms with Crippen molar-refractivity contribution in [1.29, 1.82) is 0 Å². The molecule has 3 rings (SSSR count). The van der Waals surface area contributed by atoms with Gasteiger partial charge >= 0.3 is 0 Å². The van der Waals surface area contributed by atoms with Crippen molar-refractivity contribution in [2.75, 3.05) is 0 Å². The van der Waals surface area contributed by atoms with Gasteiger partial charge in [-0.25, -0.2) is 4.98 Å². The Morgan fingerprint density at radius 3 is 2.53 bits per heavy atom. The number of alkyl halides is 1. The number of hydrogen-bond acceptors (Lipinski definition) is 3. The maximum absolute atomic E-state index is 5.67. The van der Waals surface area contributed by atoms with E-state index in [1.807, 2.05) is 36.4 Å². The minimum absolute atomic E-state index is 0.350. The van der Waals surface area contributed by atoms with Crippen LogP contribution in [0, 0.1) is 0 Å². The summed E-state index contributed by atoms with van der Waals surface area (Å²) in [5.41, 5.74) is 0.729. The molecule has 94 valence electrons. The first-order chi connectivity index (χ1) is 9.35.